The third-order valence-corrected chi connectivity index (χ3v) is 6.69. The Bertz CT molecular complexity index is 632. The highest BCUT2D eigenvalue weighted by Gasteiger charge is 2.57. The Hall–Kier alpha value is -1.31. The maximum atomic E-state index is 12.9. The number of carbonyl (C=O) groups excluding carboxylic acids is 3. The van der Waals surface area contributed by atoms with Crippen LogP contribution in [0.25, 0.3) is 0 Å². The van der Waals surface area contributed by atoms with Gasteiger partial charge < -0.3 is 20.3 Å². The van der Waals surface area contributed by atoms with Gasteiger partial charge in [-0.1, -0.05) is 34.1 Å². The van der Waals surface area contributed by atoms with E-state index in [2.05, 4.69) is 5.32 Å². The summed E-state index contributed by atoms with van der Waals surface area (Å²) < 4.78 is 5.78. The number of amides is 1. The van der Waals surface area contributed by atoms with Crippen molar-refractivity contribution in [1.29, 1.82) is 0 Å². The average molecular weight is 398 g/mol. The zero-order valence-electron chi connectivity index (χ0n) is 17.8. The molecule has 7 unspecified atom stereocenters. The molecule has 2 aliphatic heterocycles. The molecule has 0 bridgehead atoms. The molecule has 0 spiro atoms. The molecule has 2 aliphatic rings. The Morgan fingerprint density at radius 3 is 2.36 bits per heavy atom. The fraction of sp³-hybridized carbons (Fsp3) is 0.857. The van der Waals surface area contributed by atoms with E-state index in [0.717, 1.165) is 6.42 Å². The van der Waals surface area contributed by atoms with Crippen molar-refractivity contribution in [2.75, 3.05) is 0 Å². The van der Waals surface area contributed by atoms with E-state index in [1.54, 1.807) is 20.8 Å². The van der Waals surface area contributed by atoms with E-state index in [0.29, 0.717) is 12.8 Å². The first-order valence-electron chi connectivity index (χ1n) is 10.2. The summed E-state index contributed by atoms with van der Waals surface area (Å²) >= 11 is 0. The molecule has 0 aromatic rings. The Morgan fingerprint density at radius 1 is 1.18 bits per heavy atom. The van der Waals surface area contributed by atoms with E-state index in [4.69, 9.17) is 4.74 Å². The van der Waals surface area contributed by atoms with Gasteiger partial charge in [0.2, 0.25) is 5.91 Å². The van der Waals surface area contributed by atoms with Crippen molar-refractivity contribution >= 4 is 17.5 Å². The summed E-state index contributed by atoms with van der Waals surface area (Å²) in [6, 6.07) is -0.768. The number of aliphatic hydroxyl groups excluding tert-OH is 2. The van der Waals surface area contributed by atoms with Gasteiger partial charge in [0.25, 0.3) is 0 Å². The molecule has 0 radical (unpaired) electrons. The highest BCUT2D eigenvalue weighted by atomic mass is 16.6. The van der Waals surface area contributed by atoms with Gasteiger partial charge in [0.15, 0.2) is 5.78 Å². The molecule has 28 heavy (non-hydrogen) atoms. The van der Waals surface area contributed by atoms with Gasteiger partial charge in [-0.05, 0) is 32.6 Å². The van der Waals surface area contributed by atoms with Crippen LogP contribution in [0, 0.1) is 17.3 Å². The predicted molar refractivity (Wildman–Crippen MR) is 103 cm³/mol. The smallest absolute Gasteiger partial charge is 0.223 e. The largest absolute Gasteiger partial charge is 0.392 e. The molecule has 0 saturated carbocycles. The number of Topliss-reactive ketones (excluding diaryl/α,β-unsaturated/α-hetero) is 2. The summed E-state index contributed by atoms with van der Waals surface area (Å²) in [7, 11) is 0. The maximum absolute atomic E-state index is 12.9. The Labute approximate surface area is 167 Å². The minimum absolute atomic E-state index is 0.0961. The summed E-state index contributed by atoms with van der Waals surface area (Å²) in [6.07, 6.45) is -0.568. The van der Waals surface area contributed by atoms with Crippen LogP contribution < -0.4 is 5.32 Å². The molecule has 0 aliphatic carbocycles. The Balaban J connectivity index is 2.28. The molecular formula is C21H35NO6. The molecule has 2 fully saturated rings. The molecular weight excluding hydrogens is 362 g/mol. The lowest BCUT2D eigenvalue weighted by atomic mass is 9.73. The van der Waals surface area contributed by atoms with E-state index < -0.39 is 47.2 Å². The van der Waals surface area contributed by atoms with Crippen molar-refractivity contribution in [2.24, 2.45) is 17.3 Å². The van der Waals surface area contributed by atoms with Crippen LogP contribution in [0.3, 0.4) is 0 Å². The molecule has 2 heterocycles. The molecule has 7 nitrogen and oxygen atoms in total. The van der Waals surface area contributed by atoms with Crippen LogP contribution in [0.4, 0.5) is 0 Å². The number of epoxide rings is 1. The quantitative estimate of drug-likeness (QED) is 0.576. The second-order valence-electron chi connectivity index (χ2n) is 9.46. The zero-order valence-corrected chi connectivity index (χ0v) is 17.8. The molecule has 7 atom stereocenters. The molecule has 1 amide bonds. The van der Waals surface area contributed by atoms with E-state index in [9.17, 15) is 24.6 Å². The Morgan fingerprint density at radius 2 is 1.79 bits per heavy atom. The number of rotatable bonds is 1. The summed E-state index contributed by atoms with van der Waals surface area (Å²) in [4.78, 5) is 37.5. The zero-order chi connectivity index (χ0) is 21.4. The minimum Gasteiger partial charge on any atom is -0.392 e. The molecule has 0 aromatic heterocycles. The summed E-state index contributed by atoms with van der Waals surface area (Å²) in [6.45, 7) is 10.1. The number of carbonyl (C=O) groups is 3. The van der Waals surface area contributed by atoms with Crippen molar-refractivity contribution in [2.45, 2.75) is 97.2 Å². The number of nitrogens with one attached hydrogen (secondary N) is 1. The second kappa shape index (κ2) is 8.20. The van der Waals surface area contributed by atoms with Crippen LogP contribution >= 0.6 is 0 Å². The molecule has 7 heteroatoms. The Kier molecular flexibility index (Phi) is 6.73. The molecule has 2 saturated heterocycles. The van der Waals surface area contributed by atoms with Crippen LogP contribution in [-0.4, -0.2) is 57.6 Å². The SMILES string of the molecule is CC(=O)C1NC(=O)CC(O)C(C)(C)C(=O)C(C)C(O)C(C)CCCC2(C)OC12. The highest BCUT2D eigenvalue weighted by molar-refractivity contribution is 5.90. The predicted octanol–water partition coefficient (Wildman–Crippen LogP) is 1.38. The van der Waals surface area contributed by atoms with E-state index in [-0.39, 0.29) is 23.9 Å². The number of hydrogen-bond acceptors (Lipinski definition) is 6. The first-order valence-corrected chi connectivity index (χ1v) is 10.2. The van der Waals surface area contributed by atoms with Crippen LogP contribution in [-0.2, 0) is 19.1 Å². The minimum atomic E-state index is -1.23. The third kappa shape index (κ3) is 4.63. The van der Waals surface area contributed by atoms with Crippen molar-refractivity contribution in [3.05, 3.63) is 0 Å². The van der Waals surface area contributed by atoms with Gasteiger partial charge in [0.05, 0.1) is 29.6 Å². The lowest BCUT2D eigenvalue weighted by molar-refractivity contribution is -0.143. The van der Waals surface area contributed by atoms with Crippen LogP contribution in [0.5, 0.6) is 0 Å². The maximum Gasteiger partial charge on any atom is 0.223 e. The number of aliphatic hydroxyl groups is 2. The number of fused-ring (bicyclic) bond motifs is 1. The van der Waals surface area contributed by atoms with Gasteiger partial charge in [-0.3, -0.25) is 14.4 Å². The molecule has 160 valence electrons. The standard InChI is InChI=1S/C21H35NO6/c1-11-8-7-9-21(6)19(28-21)16(13(3)23)22-15(25)10-14(24)20(4,5)18(27)12(2)17(11)26/h11-12,14,16-17,19,24,26H,7-10H2,1-6H3,(H,22,25). The average Bonchev–Trinajstić information content (AvgIpc) is 3.27. The van der Waals surface area contributed by atoms with Crippen molar-refractivity contribution in [1.82, 2.24) is 5.32 Å². The van der Waals surface area contributed by atoms with Gasteiger partial charge in [0.1, 0.15) is 17.9 Å². The summed E-state index contributed by atoms with van der Waals surface area (Å²) in [5, 5.41) is 23.9. The van der Waals surface area contributed by atoms with Crippen molar-refractivity contribution in [3.8, 4) is 0 Å². The van der Waals surface area contributed by atoms with Crippen molar-refractivity contribution in [3.63, 3.8) is 0 Å². The first-order chi connectivity index (χ1) is 12.8. The summed E-state index contributed by atoms with van der Waals surface area (Å²) in [5.41, 5.74) is -1.69. The number of ketones is 2. The van der Waals surface area contributed by atoms with Crippen LogP contribution in [0.15, 0.2) is 0 Å². The lowest BCUT2D eigenvalue weighted by Gasteiger charge is -2.34. The lowest BCUT2D eigenvalue weighted by Crippen LogP contribution is -2.49. The highest BCUT2D eigenvalue weighted by Crippen LogP contribution is 2.43. The second-order valence-corrected chi connectivity index (χ2v) is 9.46. The van der Waals surface area contributed by atoms with Gasteiger partial charge in [-0.2, -0.15) is 0 Å². The fourth-order valence-corrected chi connectivity index (χ4v) is 4.28. The first kappa shape index (κ1) is 23.0. The third-order valence-electron chi connectivity index (χ3n) is 6.69. The van der Waals surface area contributed by atoms with Gasteiger partial charge in [0, 0.05) is 5.92 Å². The van der Waals surface area contributed by atoms with Gasteiger partial charge in [-0.25, -0.2) is 0 Å². The van der Waals surface area contributed by atoms with E-state index in [1.807, 2.05) is 13.8 Å². The van der Waals surface area contributed by atoms with Crippen molar-refractivity contribution < 1.29 is 29.3 Å². The van der Waals surface area contributed by atoms with E-state index in [1.165, 1.54) is 6.92 Å². The van der Waals surface area contributed by atoms with E-state index >= 15 is 0 Å². The topological polar surface area (TPSA) is 116 Å². The number of ether oxygens (including phenoxy) is 1. The summed E-state index contributed by atoms with van der Waals surface area (Å²) in [5.74, 6) is -1.72. The molecule has 2 rings (SSSR count). The number of hydrogen-bond donors (Lipinski definition) is 3. The van der Waals surface area contributed by atoms with Crippen LogP contribution in [0.2, 0.25) is 0 Å². The molecule has 0 aromatic carbocycles. The van der Waals surface area contributed by atoms with Crippen LogP contribution in [0.1, 0.15) is 67.2 Å². The van der Waals surface area contributed by atoms with Gasteiger partial charge in [-0.15, -0.1) is 0 Å². The van der Waals surface area contributed by atoms with Gasteiger partial charge >= 0.3 is 0 Å². The normalized spacial score (nSPS) is 42.6. The molecule has 3 N–H and O–H groups in total. The monoisotopic (exact) mass is 397 g/mol. The fourth-order valence-electron chi connectivity index (χ4n) is 4.28.